The Labute approximate surface area is 95.8 Å². The van der Waals surface area contributed by atoms with E-state index in [-0.39, 0.29) is 0 Å². The summed E-state index contributed by atoms with van der Waals surface area (Å²) in [5.41, 5.74) is 0.362. The number of carbonyl (C=O) groups excluding carboxylic acids is 1. The highest BCUT2D eigenvalue weighted by atomic mass is 79.9. The van der Waals surface area contributed by atoms with Crippen LogP contribution in [-0.2, 0) is 11.2 Å². The van der Waals surface area contributed by atoms with E-state index in [9.17, 15) is 4.79 Å². The van der Waals surface area contributed by atoms with E-state index in [0.29, 0.717) is 12.0 Å². The molecule has 2 rings (SSSR count). The number of nitriles is 1. The molecule has 4 heteroatoms. The Morgan fingerprint density at radius 1 is 1.60 bits per heavy atom. The maximum atomic E-state index is 11.6. The summed E-state index contributed by atoms with van der Waals surface area (Å²) in [5.74, 6) is -0.423. The summed E-state index contributed by atoms with van der Waals surface area (Å²) in [6, 6.07) is 7.36. The van der Waals surface area contributed by atoms with Crippen molar-refractivity contribution in [3.05, 3.63) is 33.8 Å². The number of hydrogen-bond acceptors (Lipinski definition) is 3. The van der Waals surface area contributed by atoms with Crippen LogP contribution in [0, 0.1) is 11.3 Å². The number of nitrogens with zero attached hydrogens (tertiary/aromatic N) is 1. The van der Waals surface area contributed by atoms with Gasteiger partial charge in [0.1, 0.15) is 6.07 Å². The monoisotopic (exact) mass is 265 g/mol. The summed E-state index contributed by atoms with van der Waals surface area (Å²) in [4.78, 5) is 11.6. The van der Waals surface area contributed by atoms with Crippen LogP contribution in [-0.4, -0.2) is 11.6 Å². The first-order valence-electron chi connectivity index (χ1n) is 4.47. The van der Waals surface area contributed by atoms with E-state index in [2.05, 4.69) is 15.9 Å². The number of fused-ring (bicyclic) bond motifs is 1. The topological polar surface area (TPSA) is 50.1 Å². The smallest absolute Gasteiger partial charge is 0.340 e. The van der Waals surface area contributed by atoms with Crippen molar-refractivity contribution < 1.29 is 9.53 Å². The van der Waals surface area contributed by atoms with E-state index in [0.717, 1.165) is 10.0 Å². The first-order valence-corrected chi connectivity index (χ1v) is 5.26. The predicted molar refractivity (Wildman–Crippen MR) is 57.3 cm³/mol. The van der Waals surface area contributed by atoms with Crippen LogP contribution in [0.2, 0.25) is 0 Å². The molecule has 0 N–H and O–H groups in total. The second-order valence-corrected chi connectivity index (χ2v) is 4.63. The molecule has 1 unspecified atom stereocenters. The molecule has 0 amide bonds. The first-order chi connectivity index (χ1) is 7.04. The van der Waals surface area contributed by atoms with E-state index in [1.807, 2.05) is 12.1 Å². The minimum absolute atomic E-state index is 0.423. The van der Waals surface area contributed by atoms with Crippen LogP contribution in [0.25, 0.3) is 0 Å². The lowest BCUT2D eigenvalue weighted by molar-refractivity contribution is 0.00850. The molecule has 1 aliphatic rings. The second-order valence-electron chi connectivity index (χ2n) is 3.71. The molecule has 0 spiro atoms. The molecule has 0 aliphatic carbocycles. The fourth-order valence-electron chi connectivity index (χ4n) is 1.63. The van der Waals surface area contributed by atoms with Gasteiger partial charge in [0, 0.05) is 10.9 Å². The minimum Gasteiger partial charge on any atom is -0.440 e. The summed E-state index contributed by atoms with van der Waals surface area (Å²) in [7, 11) is 0. The Hall–Kier alpha value is -1.34. The molecule has 0 fully saturated rings. The number of cyclic esters (lactones) is 1. The molecule has 1 atom stereocenters. The molecule has 1 aromatic carbocycles. The molecule has 0 saturated heterocycles. The molecule has 1 aliphatic heterocycles. The van der Waals surface area contributed by atoms with Crippen molar-refractivity contribution in [2.24, 2.45) is 0 Å². The predicted octanol–water partition coefficient (Wildman–Crippen LogP) is 2.44. The number of hydrogen-bond donors (Lipinski definition) is 0. The minimum atomic E-state index is -1.04. The first kappa shape index (κ1) is 10.2. The summed E-state index contributed by atoms with van der Waals surface area (Å²) in [5, 5.41) is 8.92. The molecule has 3 nitrogen and oxygen atoms in total. The van der Waals surface area contributed by atoms with E-state index < -0.39 is 11.6 Å². The zero-order valence-electron chi connectivity index (χ0n) is 8.08. The second kappa shape index (κ2) is 3.35. The summed E-state index contributed by atoms with van der Waals surface area (Å²) in [6.07, 6.45) is 0.435. The Balaban J connectivity index is 2.52. The van der Waals surface area contributed by atoms with Crippen molar-refractivity contribution in [1.82, 2.24) is 0 Å². The molecule has 76 valence electrons. The highest BCUT2D eigenvalue weighted by molar-refractivity contribution is 9.10. The van der Waals surface area contributed by atoms with Crippen LogP contribution in [0.15, 0.2) is 22.7 Å². The molecule has 0 bridgehead atoms. The van der Waals surface area contributed by atoms with E-state index in [1.54, 1.807) is 19.1 Å². The van der Waals surface area contributed by atoms with Gasteiger partial charge < -0.3 is 4.74 Å². The molecular weight excluding hydrogens is 258 g/mol. The normalized spacial score (nSPS) is 23.9. The van der Waals surface area contributed by atoms with Crippen molar-refractivity contribution in [2.45, 2.75) is 18.9 Å². The number of halogens is 1. The van der Waals surface area contributed by atoms with Gasteiger partial charge in [0.25, 0.3) is 0 Å². The van der Waals surface area contributed by atoms with Crippen molar-refractivity contribution in [1.29, 1.82) is 5.26 Å². The third-order valence-electron chi connectivity index (χ3n) is 2.37. The molecule has 1 aromatic rings. The number of rotatable bonds is 0. The van der Waals surface area contributed by atoms with Gasteiger partial charge in [-0.15, -0.1) is 0 Å². The maximum Gasteiger partial charge on any atom is 0.340 e. The average molecular weight is 266 g/mol. The standard InChI is InChI=1S/C11H8BrNO2/c1-11(6-13)5-7-4-8(12)2-3-9(7)10(14)15-11/h2-4H,5H2,1H3. The lowest BCUT2D eigenvalue weighted by Crippen LogP contribution is -2.37. The molecule has 0 aromatic heterocycles. The van der Waals surface area contributed by atoms with Crippen LogP contribution >= 0.6 is 15.9 Å². The summed E-state index contributed by atoms with van der Waals surface area (Å²) in [6.45, 7) is 1.62. The van der Waals surface area contributed by atoms with Crippen LogP contribution in [0.3, 0.4) is 0 Å². The molecule has 0 radical (unpaired) electrons. The van der Waals surface area contributed by atoms with Crippen LogP contribution in [0.5, 0.6) is 0 Å². The van der Waals surface area contributed by atoms with Crippen molar-refractivity contribution >= 4 is 21.9 Å². The summed E-state index contributed by atoms with van der Waals surface area (Å²) < 4.78 is 5.97. The van der Waals surface area contributed by atoms with Crippen LogP contribution in [0.4, 0.5) is 0 Å². The number of ether oxygens (including phenoxy) is 1. The van der Waals surface area contributed by atoms with Gasteiger partial charge in [0.15, 0.2) is 5.60 Å². The Morgan fingerprint density at radius 3 is 3.00 bits per heavy atom. The Kier molecular flexibility index (Phi) is 2.28. The number of benzene rings is 1. The van der Waals surface area contributed by atoms with E-state index in [1.165, 1.54) is 0 Å². The van der Waals surface area contributed by atoms with E-state index in [4.69, 9.17) is 10.00 Å². The SMILES string of the molecule is CC1(C#N)Cc2cc(Br)ccc2C(=O)O1. The lowest BCUT2D eigenvalue weighted by atomic mass is 9.91. The van der Waals surface area contributed by atoms with Crippen LogP contribution in [0.1, 0.15) is 22.8 Å². The van der Waals surface area contributed by atoms with Gasteiger partial charge >= 0.3 is 5.97 Å². The van der Waals surface area contributed by atoms with Crippen molar-refractivity contribution in [2.75, 3.05) is 0 Å². The zero-order valence-corrected chi connectivity index (χ0v) is 9.67. The fourth-order valence-corrected chi connectivity index (χ4v) is 2.04. The highest BCUT2D eigenvalue weighted by Gasteiger charge is 2.36. The van der Waals surface area contributed by atoms with Gasteiger partial charge in [-0.3, -0.25) is 0 Å². The maximum absolute atomic E-state index is 11.6. The quantitative estimate of drug-likeness (QED) is 0.677. The average Bonchev–Trinajstić information content (AvgIpc) is 2.16. The molecular formula is C11H8BrNO2. The van der Waals surface area contributed by atoms with Crippen LogP contribution < -0.4 is 0 Å². The van der Waals surface area contributed by atoms with Gasteiger partial charge in [-0.1, -0.05) is 15.9 Å². The third-order valence-corrected chi connectivity index (χ3v) is 2.86. The Morgan fingerprint density at radius 2 is 2.33 bits per heavy atom. The van der Waals surface area contributed by atoms with E-state index >= 15 is 0 Å². The fraction of sp³-hybridized carbons (Fsp3) is 0.273. The van der Waals surface area contributed by atoms with Gasteiger partial charge in [0.2, 0.25) is 0 Å². The van der Waals surface area contributed by atoms with Gasteiger partial charge in [-0.25, -0.2) is 4.79 Å². The molecule has 1 heterocycles. The molecule has 15 heavy (non-hydrogen) atoms. The molecule has 0 saturated carbocycles. The largest absolute Gasteiger partial charge is 0.440 e. The number of esters is 1. The van der Waals surface area contributed by atoms with Gasteiger partial charge in [-0.2, -0.15) is 5.26 Å². The number of carbonyl (C=O) groups is 1. The zero-order chi connectivity index (χ0) is 11.1. The highest BCUT2D eigenvalue weighted by Crippen LogP contribution is 2.29. The third kappa shape index (κ3) is 1.75. The summed E-state index contributed by atoms with van der Waals surface area (Å²) >= 11 is 3.33. The van der Waals surface area contributed by atoms with Gasteiger partial charge in [0.05, 0.1) is 5.56 Å². The van der Waals surface area contributed by atoms with Gasteiger partial charge in [-0.05, 0) is 30.7 Å². The van der Waals surface area contributed by atoms with Crippen molar-refractivity contribution in [3.8, 4) is 6.07 Å². The van der Waals surface area contributed by atoms with Crippen molar-refractivity contribution in [3.63, 3.8) is 0 Å². The Bertz CT molecular complexity index is 478. The lowest BCUT2D eigenvalue weighted by Gasteiger charge is -2.28.